The Labute approximate surface area is 85.7 Å². The summed E-state index contributed by atoms with van der Waals surface area (Å²) in [6.07, 6.45) is 3.60. The summed E-state index contributed by atoms with van der Waals surface area (Å²) in [6, 6.07) is 7.05. The molecule has 2 N–H and O–H groups in total. The maximum Gasteiger partial charge on any atom is 0.284 e. The van der Waals surface area contributed by atoms with Gasteiger partial charge in [-0.05, 0) is 35.9 Å². The molecule has 0 bridgehead atoms. The third-order valence-electron chi connectivity index (χ3n) is 1.94. The van der Waals surface area contributed by atoms with Crippen LogP contribution in [-0.4, -0.2) is 10.2 Å². The van der Waals surface area contributed by atoms with Gasteiger partial charge in [-0.25, -0.2) is 9.97 Å². The molecule has 1 aromatic heterocycles. The highest BCUT2D eigenvalue weighted by molar-refractivity contribution is 6.67. The van der Waals surface area contributed by atoms with E-state index in [0.717, 1.165) is 11.4 Å². The van der Waals surface area contributed by atoms with Crippen LogP contribution in [-0.2, 0) is 0 Å². The minimum absolute atomic E-state index is 0.438. The topological polar surface area (TPSA) is 47.0 Å². The molecule has 1 aromatic carbocycles. The highest BCUT2D eigenvalue weighted by atomic mass is 35.5. The van der Waals surface area contributed by atoms with Crippen LogP contribution in [0.4, 0.5) is 0 Å². The third-order valence-corrected chi connectivity index (χ3v) is 2.16. The molecule has 0 saturated carbocycles. The van der Waals surface area contributed by atoms with Crippen LogP contribution < -0.4 is 4.98 Å². The molecule has 2 rings (SSSR count). The van der Waals surface area contributed by atoms with Gasteiger partial charge in [0.2, 0.25) is 0 Å². The summed E-state index contributed by atoms with van der Waals surface area (Å²) >= 11 is 5.33. The molecule has 0 atom stereocenters. The van der Waals surface area contributed by atoms with E-state index in [0.29, 0.717) is 5.56 Å². The number of carbonyl (C=O) groups is 1. The highest BCUT2D eigenvalue weighted by Gasteiger charge is 2.06. The Balaban J connectivity index is 2.36. The summed E-state index contributed by atoms with van der Waals surface area (Å²) in [5.74, 6) is 0.901. The van der Waals surface area contributed by atoms with E-state index in [1.54, 1.807) is 24.5 Å². The maximum absolute atomic E-state index is 10.8. The molecule has 0 aliphatic heterocycles. The lowest BCUT2D eigenvalue weighted by molar-refractivity contribution is -0.362. The van der Waals surface area contributed by atoms with E-state index in [2.05, 4.69) is 9.97 Å². The van der Waals surface area contributed by atoms with Crippen molar-refractivity contribution in [2.45, 2.75) is 0 Å². The molecule has 0 radical (unpaired) electrons. The van der Waals surface area contributed by atoms with Crippen LogP contribution in [0.25, 0.3) is 11.4 Å². The molecule has 0 aliphatic carbocycles. The standard InChI is InChI=1S/C10H7ClN2O/c11-9(14)7-1-3-8(4-2-7)10-12-5-6-13-10/h1-6H,(H,12,13)/p+1. The van der Waals surface area contributed by atoms with Gasteiger partial charge in [-0.3, -0.25) is 4.79 Å². The molecular formula is C10H8ClN2O+. The van der Waals surface area contributed by atoms with Gasteiger partial charge in [0.15, 0.2) is 0 Å². The molecule has 0 spiro atoms. The Kier molecular flexibility index (Phi) is 2.33. The number of hydrogen-bond acceptors (Lipinski definition) is 1. The van der Waals surface area contributed by atoms with Crippen LogP contribution in [0.15, 0.2) is 36.7 Å². The van der Waals surface area contributed by atoms with Crippen molar-refractivity contribution in [3.05, 3.63) is 42.2 Å². The number of carbonyl (C=O) groups excluding carboxylic acids is 1. The monoisotopic (exact) mass is 207 g/mol. The molecule has 1 heterocycles. The first-order valence-electron chi connectivity index (χ1n) is 4.13. The van der Waals surface area contributed by atoms with E-state index in [4.69, 9.17) is 11.6 Å². The number of halogens is 1. The fraction of sp³-hybridized carbons (Fsp3) is 0. The van der Waals surface area contributed by atoms with Crippen LogP contribution in [0.1, 0.15) is 10.4 Å². The second-order valence-corrected chi connectivity index (χ2v) is 3.19. The second kappa shape index (κ2) is 3.64. The summed E-state index contributed by atoms with van der Waals surface area (Å²) < 4.78 is 0. The zero-order valence-corrected chi connectivity index (χ0v) is 8.01. The molecule has 14 heavy (non-hydrogen) atoms. The van der Waals surface area contributed by atoms with Crippen LogP contribution in [0.5, 0.6) is 0 Å². The maximum atomic E-state index is 10.8. The normalized spacial score (nSPS) is 10.1. The van der Waals surface area contributed by atoms with Crippen molar-refractivity contribution in [1.29, 1.82) is 0 Å². The summed E-state index contributed by atoms with van der Waals surface area (Å²) in [4.78, 5) is 16.9. The average molecular weight is 208 g/mol. The van der Waals surface area contributed by atoms with Gasteiger partial charge in [0.25, 0.3) is 11.1 Å². The Hall–Kier alpha value is -1.61. The van der Waals surface area contributed by atoms with E-state index in [-0.39, 0.29) is 0 Å². The quantitative estimate of drug-likeness (QED) is 0.751. The van der Waals surface area contributed by atoms with Crippen molar-refractivity contribution in [3.8, 4) is 11.4 Å². The average Bonchev–Trinajstić information content (AvgIpc) is 2.71. The van der Waals surface area contributed by atoms with E-state index < -0.39 is 5.24 Å². The van der Waals surface area contributed by atoms with Crippen molar-refractivity contribution in [2.75, 3.05) is 0 Å². The zero-order chi connectivity index (χ0) is 9.97. The number of H-pyrrole nitrogens is 2. The SMILES string of the molecule is O=C(Cl)c1ccc(-c2[nH]cc[nH+]2)cc1. The van der Waals surface area contributed by atoms with Crippen LogP contribution in [0.2, 0.25) is 0 Å². The molecule has 3 nitrogen and oxygen atoms in total. The largest absolute Gasteiger partial charge is 0.284 e. The van der Waals surface area contributed by atoms with Crippen molar-refractivity contribution < 1.29 is 9.78 Å². The fourth-order valence-corrected chi connectivity index (χ4v) is 1.35. The lowest BCUT2D eigenvalue weighted by atomic mass is 10.1. The number of hydrogen-bond donors (Lipinski definition) is 1. The minimum Gasteiger partial charge on any atom is -0.276 e. The molecule has 0 saturated heterocycles. The molecule has 0 unspecified atom stereocenters. The lowest BCUT2D eigenvalue weighted by Crippen LogP contribution is -2.00. The Morgan fingerprint density at radius 3 is 2.50 bits per heavy atom. The Morgan fingerprint density at radius 1 is 1.29 bits per heavy atom. The molecular weight excluding hydrogens is 200 g/mol. The van der Waals surface area contributed by atoms with E-state index in [1.165, 1.54) is 0 Å². The predicted molar refractivity (Wildman–Crippen MR) is 53.0 cm³/mol. The summed E-state index contributed by atoms with van der Waals surface area (Å²) in [5.41, 5.74) is 1.48. The molecule has 0 amide bonds. The van der Waals surface area contributed by atoms with Gasteiger partial charge in [-0.1, -0.05) is 0 Å². The summed E-state index contributed by atoms with van der Waals surface area (Å²) in [6.45, 7) is 0. The Morgan fingerprint density at radius 2 is 2.00 bits per heavy atom. The van der Waals surface area contributed by atoms with Gasteiger partial charge in [-0.2, -0.15) is 0 Å². The number of benzene rings is 1. The van der Waals surface area contributed by atoms with Crippen molar-refractivity contribution in [2.24, 2.45) is 0 Å². The van der Waals surface area contributed by atoms with Gasteiger partial charge in [0.1, 0.15) is 12.4 Å². The second-order valence-electron chi connectivity index (χ2n) is 2.85. The lowest BCUT2D eigenvalue weighted by Gasteiger charge is -1.94. The smallest absolute Gasteiger partial charge is 0.276 e. The van der Waals surface area contributed by atoms with Crippen LogP contribution >= 0.6 is 11.6 Å². The zero-order valence-electron chi connectivity index (χ0n) is 7.25. The molecule has 0 aliphatic rings. The molecule has 70 valence electrons. The first-order valence-corrected chi connectivity index (χ1v) is 4.50. The number of nitrogens with one attached hydrogen (secondary N) is 2. The molecule has 2 aromatic rings. The summed E-state index contributed by atoms with van der Waals surface area (Å²) in [7, 11) is 0. The third kappa shape index (κ3) is 1.67. The molecule has 0 fully saturated rings. The highest BCUT2D eigenvalue weighted by Crippen LogP contribution is 2.13. The minimum atomic E-state index is -0.438. The number of rotatable bonds is 2. The Bertz CT molecular complexity index is 434. The van der Waals surface area contributed by atoms with E-state index in [1.807, 2.05) is 12.1 Å². The first-order chi connectivity index (χ1) is 6.77. The van der Waals surface area contributed by atoms with Gasteiger partial charge in [-0.15, -0.1) is 0 Å². The van der Waals surface area contributed by atoms with Gasteiger partial charge in [0.05, 0.1) is 5.56 Å². The number of aromatic nitrogens is 2. The van der Waals surface area contributed by atoms with Crippen molar-refractivity contribution in [1.82, 2.24) is 4.98 Å². The number of aromatic amines is 2. The molecule has 4 heteroatoms. The van der Waals surface area contributed by atoms with Crippen molar-refractivity contribution >= 4 is 16.8 Å². The predicted octanol–water partition coefficient (Wildman–Crippen LogP) is 1.87. The van der Waals surface area contributed by atoms with Crippen LogP contribution in [0, 0.1) is 0 Å². The number of imidazole rings is 1. The van der Waals surface area contributed by atoms with E-state index in [9.17, 15) is 4.79 Å². The van der Waals surface area contributed by atoms with Gasteiger partial charge in [0, 0.05) is 5.56 Å². The van der Waals surface area contributed by atoms with Crippen LogP contribution in [0.3, 0.4) is 0 Å². The summed E-state index contributed by atoms with van der Waals surface area (Å²) in [5, 5.41) is -0.438. The van der Waals surface area contributed by atoms with Gasteiger partial charge < -0.3 is 0 Å². The van der Waals surface area contributed by atoms with E-state index >= 15 is 0 Å². The van der Waals surface area contributed by atoms with Crippen molar-refractivity contribution in [3.63, 3.8) is 0 Å². The first kappa shape index (κ1) is 8.97. The fourth-order valence-electron chi connectivity index (χ4n) is 1.23. The van der Waals surface area contributed by atoms with Gasteiger partial charge >= 0.3 is 0 Å².